The Balaban J connectivity index is 0.00000240. The van der Waals surface area contributed by atoms with Gasteiger partial charge in [-0.15, -0.1) is 12.4 Å². The molecule has 0 saturated carbocycles. The van der Waals surface area contributed by atoms with Crippen LogP contribution in [-0.2, 0) is 16.0 Å². The van der Waals surface area contributed by atoms with Gasteiger partial charge in [0, 0.05) is 51.3 Å². The third-order valence-electron chi connectivity index (χ3n) is 5.96. The van der Waals surface area contributed by atoms with Crippen LogP contribution in [0.2, 0.25) is 0 Å². The molecule has 1 aromatic carbocycles. The Kier molecular flexibility index (Phi) is 7.75. The first-order valence-electron chi connectivity index (χ1n) is 10.5. The van der Waals surface area contributed by atoms with E-state index >= 15 is 0 Å². The molecule has 4 rings (SSSR count). The van der Waals surface area contributed by atoms with Crippen LogP contribution in [0.5, 0.6) is 5.75 Å². The van der Waals surface area contributed by atoms with E-state index in [-0.39, 0.29) is 30.3 Å². The summed E-state index contributed by atoms with van der Waals surface area (Å²) in [5, 5.41) is 6.35. The van der Waals surface area contributed by atoms with Gasteiger partial charge in [0.05, 0.1) is 12.6 Å². The molecule has 0 radical (unpaired) electrons. The minimum atomic E-state index is -0.158. The Labute approximate surface area is 178 Å². The van der Waals surface area contributed by atoms with Crippen LogP contribution in [0.15, 0.2) is 18.2 Å². The maximum Gasteiger partial charge on any atom is 0.241 e. The van der Waals surface area contributed by atoms with Crippen LogP contribution in [0, 0.1) is 0 Å². The van der Waals surface area contributed by atoms with Crippen molar-refractivity contribution >= 4 is 29.9 Å². The summed E-state index contributed by atoms with van der Waals surface area (Å²) in [5.41, 5.74) is 1.98. The number of amides is 2. The summed E-state index contributed by atoms with van der Waals surface area (Å²) in [4.78, 5) is 29.5. The van der Waals surface area contributed by atoms with Crippen molar-refractivity contribution in [3.8, 4) is 5.75 Å². The van der Waals surface area contributed by atoms with Crippen molar-refractivity contribution in [2.24, 2.45) is 0 Å². The number of carbonyl (C=O) groups is 2. The number of benzene rings is 1. The quantitative estimate of drug-likeness (QED) is 0.754. The van der Waals surface area contributed by atoms with E-state index in [0.717, 1.165) is 75.4 Å². The van der Waals surface area contributed by atoms with Gasteiger partial charge < -0.3 is 20.3 Å². The summed E-state index contributed by atoms with van der Waals surface area (Å²) in [6.07, 6.45) is 4.37. The van der Waals surface area contributed by atoms with E-state index in [4.69, 9.17) is 4.74 Å². The molecular weight excluding hydrogens is 392 g/mol. The maximum absolute atomic E-state index is 12.9. The van der Waals surface area contributed by atoms with Crippen molar-refractivity contribution in [1.82, 2.24) is 15.1 Å². The Morgan fingerprint density at radius 3 is 2.83 bits per heavy atom. The lowest BCUT2D eigenvalue weighted by Gasteiger charge is -2.35. The second kappa shape index (κ2) is 10.3. The number of hydrogen-bond acceptors (Lipinski definition) is 5. The first-order chi connectivity index (χ1) is 13.7. The molecule has 0 aliphatic carbocycles. The molecule has 7 nitrogen and oxygen atoms in total. The lowest BCUT2D eigenvalue weighted by atomic mass is 10.0. The highest BCUT2D eigenvalue weighted by Crippen LogP contribution is 2.28. The van der Waals surface area contributed by atoms with E-state index in [9.17, 15) is 9.59 Å². The minimum Gasteiger partial charge on any atom is -0.493 e. The van der Waals surface area contributed by atoms with Gasteiger partial charge >= 0.3 is 0 Å². The predicted molar refractivity (Wildman–Crippen MR) is 115 cm³/mol. The number of fused-ring (bicyclic) bond motifs is 1. The number of hydrogen-bond donors (Lipinski definition) is 2. The summed E-state index contributed by atoms with van der Waals surface area (Å²) < 4.78 is 5.54. The smallest absolute Gasteiger partial charge is 0.241 e. The third kappa shape index (κ3) is 5.41. The monoisotopic (exact) mass is 422 g/mol. The molecule has 0 bridgehead atoms. The average molecular weight is 423 g/mol. The zero-order valence-corrected chi connectivity index (χ0v) is 17.6. The molecule has 29 heavy (non-hydrogen) atoms. The number of carbonyl (C=O) groups excluding carboxylic acids is 2. The molecular formula is C21H31ClN4O3. The standard InChI is InChI=1S/C21H30N4O3.ClH/c26-20(25-12-8-22-9-13-25)6-11-24-10-2-1-3-18(24)21(27)23-17-4-5-19-16(15-17)7-14-28-19;/h4-5,15,18,22H,1-3,6-14H2,(H,23,27);1H. The van der Waals surface area contributed by atoms with Crippen molar-refractivity contribution in [3.05, 3.63) is 23.8 Å². The lowest BCUT2D eigenvalue weighted by molar-refractivity contribution is -0.133. The minimum absolute atomic E-state index is 0. The van der Waals surface area contributed by atoms with Gasteiger partial charge in [-0.1, -0.05) is 6.42 Å². The molecule has 1 atom stereocenters. The van der Waals surface area contributed by atoms with Crippen LogP contribution >= 0.6 is 12.4 Å². The first-order valence-corrected chi connectivity index (χ1v) is 10.5. The number of anilines is 1. The lowest BCUT2D eigenvalue weighted by Crippen LogP contribution is -2.50. The molecule has 2 fully saturated rings. The Bertz CT molecular complexity index is 724. The van der Waals surface area contributed by atoms with Gasteiger partial charge in [0.1, 0.15) is 5.75 Å². The summed E-state index contributed by atoms with van der Waals surface area (Å²) in [6.45, 7) is 5.54. The molecule has 8 heteroatoms. The van der Waals surface area contributed by atoms with Gasteiger partial charge in [-0.25, -0.2) is 0 Å². The van der Waals surface area contributed by atoms with Crippen molar-refractivity contribution in [2.75, 3.05) is 51.2 Å². The van der Waals surface area contributed by atoms with E-state index in [1.807, 2.05) is 23.1 Å². The van der Waals surface area contributed by atoms with Crippen LogP contribution in [0.3, 0.4) is 0 Å². The molecule has 0 aromatic heterocycles. The fourth-order valence-corrected chi connectivity index (χ4v) is 4.36. The highest BCUT2D eigenvalue weighted by atomic mass is 35.5. The molecule has 1 aromatic rings. The number of nitrogens with one attached hydrogen (secondary N) is 2. The van der Waals surface area contributed by atoms with E-state index in [1.165, 1.54) is 0 Å². The van der Waals surface area contributed by atoms with Gasteiger partial charge in [-0.3, -0.25) is 14.5 Å². The van der Waals surface area contributed by atoms with Crippen molar-refractivity contribution in [3.63, 3.8) is 0 Å². The summed E-state index contributed by atoms with van der Waals surface area (Å²) in [6, 6.07) is 5.70. The average Bonchev–Trinajstić information content (AvgIpc) is 3.20. The molecule has 3 heterocycles. The first kappa shape index (κ1) is 21.9. The zero-order valence-electron chi connectivity index (χ0n) is 16.8. The van der Waals surface area contributed by atoms with Crippen LogP contribution in [0.1, 0.15) is 31.2 Å². The van der Waals surface area contributed by atoms with E-state index < -0.39 is 0 Å². The number of likely N-dealkylation sites (tertiary alicyclic amines) is 1. The molecule has 0 spiro atoms. The molecule has 1 unspecified atom stereocenters. The van der Waals surface area contributed by atoms with Crippen LogP contribution < -0.4 is 15.4 Å². The maximum atomic E-state index is 12.9. The van der Waals surface area contributed by atoms with E-state index in [0.29, 0.717) is 19.6 Å². The number of nitrogens with zero attached hydrogens (tertiary/aromatic N) is 2. The largest absolute Gasteiger partial charge is 0.493 e. The topological polar surface area (TPSA) is 73.9 Å². The number of piperazine rings is 1. The van der Waals surface area contributed by atoms with Gasteiger partial charge in [0.25, 0.3) is 0 Å². The summed E-state index contributed by atoms with van der Waals surface area (Å²) in [7, 11) is 0. The second-order valence-electron chi connectivity index (χ2n) is 7.84. The molecule has 160 valence electrons. The fourth-order valence-electron chi connectivity index (χ4n) is 4.36. The fraction of sp³-hybridized carbons (Fsp3) is 0.619. The summed E-state index contributed by atoms with van der Waals surface area (Å²) in [5.74, 6) is 1.15. The van der Waals surface area contributed by atoms with Gasteiger partial charge in [0.2, 0.25) is 11.8 Å². The number of ether oxygens (including phenoxy) is 1. The van der Waals surface area contributed by atoms with Crippen molar-refractivity contribution in [2.45, 2.75) is 38.1 Å². The van der Waals surface area contributed by atoms with Crippen LogP contribution in [0.25, 0.3) is 0 Å². The van der Waals surface area contributed by atoms with Crippen molar-refractivity contribution in [1.29, 1.82) is 0 Å². The predicted octanol–water partition coefficient (Wildman–Crippen LogP) is 1.66. The second-order valence-corrected chi connectivity index (χ2v) is 7.84. The number of rotatable bonds is 5. The molecule has 2 amide bonds. The molecule has 3 aliphatic heterocycles. The Hall–Kier alpha value is -1.83. The Morgan fingerprint density at radius 1 is 1.17 bits per heavy atom. The van der Waals surface area contributed by atoms with E-state index in [2.05, 4.69) is 15.5 Å². The van der Waals surface area contributed by atoms with Crippen molar-refractivity contribution < 1.29 is 14.3 Å². The van der Waals surface area contributed by atoms with E-state index in [1.54, 1.807) is 0 Å². The van der Waals surface area contributed by atoms with Gasteiger partial charge in [-0.2, -0.15) is 0 Å². The third-order valence-corrected chi connectivity index (χ3v) is 5.96. The van der Waals surface area contributed by atoms with Gasteiger partial charge in [0.15, 0.2) is 0 Å². The molecule has 2 saturated heterocycles. The highest BCUT2D eigenvalue weighted by molar-refractivity contribution is 5.95. The number of piperidine rings is 1. The van der Waals surface area contributed by atoms with Gasteiger partial charge in [-0.05, 0) is 43.1 Å². The number of halogens is 1. The van der Waals surface area contributed by atoms with Crippen LogP contribution in [0.4, 0.5) is 5.69 Å². The SMILES string of the molecule is Cl.O=C(Nc1ccc2c(c1)CCO2)C1CCCCN1CCC(=O)N1CCNCC1. The van der Waals surface area contributed by atoms with Crippen LogP contribution in [-0.4, -0.2) is 73.5 Å². The molecule has 2 N–H and O–H groups in total. The Morgan fingerprint density at radius 2 is 2.00 bits per heavy atom. The zero-order chi connectivity index (χ0) is 19.3. The molecule has 3 aliphatic rings. The normalized spacial score (nSPS) is 21.7. The highest BCUT2D eigenvalue weighted by Gasteiger charge is 2.29. The summed E-state index contributed by atoms with van der Waals surface area (Å²) >= 11 is 0.